The minimum absolute atomic E-state index is 0.110. The summed E-state index contributed by atoms with van der Waals surface area (Å²) in [7, 11) is 0. The molecule has 8 heteroatoms. The molecule has 4 aliphatic rings. The second kappa shape index (κ2) is 10.2. The summed E-state index contributed by atoms with van der Waals surface area (Å²) in [4.78, 5) is 24.4. The maximum Gasteiger partial charge on any atom is 0.265 e. The van der Waals surface area contributed by atoms with Gasteiger partial charge in [0.05, 0.1) is 12.0 Å². The van der Waals surface area contributed by atoms with E-state index in [2.05, 4.69) is 44.9 Å². The lowest BCUT2D eigenvalue weighted by atomic mass is 9.79. The van der Waals surface area contributed by atoms with E-state index in [1.165, 1.54) is 11.3 Å². The molecule has 4 rings (SSSR count). The number of fused-ring (bicyclic) bond motifs is 1. The summed E-state index contributed by atoms with van der Waals surface area (Å²) >= 11 is 0. The molecule has 180 valence electrons. The first-order chi connectivity index (χ1) is 15.9. The highest BCUT2D eigenvalue weighted by Crippen LogP contribution is 2.48. The number of carbonyl (C=O) groups excluding carboxylic acids is 1. The number of likely N-dealkylation sites (tertiary alicyclic amines) is 1. The van der Waals surface area contributed by atoms with Crippen LogP contribution in [-0.2, 0) is 4.79 Å². The molecule has 2 unspecified atom stereocenters. The van der Waals surface area contributed by atoms with Crippen molar-refractivity contribution in [3.63, 3.8) is 0 Å². The van der Waals surface area contributed by atoms with Gasteiger partial charge in [0, 0.05) is 30.8 Å². The van der Waals surface area contributed by atoms with Gasteiger partial charge in [-0.25, -0.2) is 9.98 Å². The normalized spacial score (nSPS) is 28.3. The lowest BCUT2D eigenvalue weighted by Gasteiger charge is -2.34. The summed E-state index contributed by atoms with van der Waals surface area (Å²) in [5, 5.41) is 19.5. The molecule has 0 aromatic rings. The highest BCUT2D eigenvalue weighted by Gasteiger charge is 2.45. The second-order valence-corrected chi connectivity index (χ2v) is 9.85. The average Bonchev–Trinajstić information content (AvgIpc) is 3.12. The zero-order valence-corrected chi connectivity index (χ0v) is 20.2. The molecule has 33 heavy (non-hydrogen) atoms. The van der Waals surface area contributed by atoms with E-state index in [0.29, 0.717) is 24.6 Å². The summed E-state index contributed by atoms with van der Waals surface area (Å²) < 4.78 is 0. The van der Waals surface area contributed by atoms with Gasteiger partial charge in [-0.05, 0) is 70.5 Å². The minimum atomic E-state index is -0.206. The maximum atomic E-state index is 12.8. The zero-order valence-electron chi connectivity index (χ0n) is 20.2. The van der Waals surface area contributed by atoms with Crippen LogP contribution in [-0.4, -0.2) is 66.9 Å². The largest absolute Gasteiger partial charge is 0.396 e. The van der Waals surface area contributed by atoms with Gasteiger partial charge >= 0.3 is 0 Å². The molecule has 4 N–H and O–H groups in total. The predicted octanol–water partition coefficient (Wildman–Crippen LogP) is 2.06. The Hall–Kier alpha value is -2.45. The maximum absolute atomic E-state index is 12.8. The Bertz CT molecular complexity index is 912. The number of carbonyl (C=O) groups is 1. The Morgan fingerprint density at radius 3 is 2.85 bits per heavy atom. The van der Waals surface area contributed by atoms with Crippen molar-refractivity contribution in [2.24, 2.45) is 21.3 Å². The van der Waals surface area contributed by atoms with Crippen molar-refractivity contribution in [2.45, 2.75) is 59.0 Å². The quantitative estimate of drug-likeness (QED) is 0.441. The molecule has 1 aliphatic carbocycles. The van der Waals surface area contributed by atoms with Crippen LogP contribution in [0.3, 0.4) is 0 Å². The van der Waals surface area contributed by atoms with Crippen molar-refractivity contribution in [1.29, 1.82) is 0 Å². The Morgan fingerprint density at radius 1 is 1.33 bits per heavy atom. The highest BCUT2D eigenvalue weighted by atomic mass is 16.3. The van der Waals surface area contributed by atoms with Crippen molar-refractivity contribution in [3.8, 4) is 0 Å². The van der Waals surface area contributed by atoms with E-state index >= 15 is 0 Å². The number of allylic oxidation sites excluding steroid dienone is 4. The van der Waals surface area contributed by atoms with E-state index < -0.39 is 0 Å². The zero-order chi connectivity index (χ0) is 23.4. The van der Waals surface area contributed by atoms with Gasteiger partial charge in [0.25, 0.3) is 5.91 Å². The SMILES string of the molecule is CC1=C(/N=C(\C)C(=O)NCC2CCNCC2)C(N2CC(C)(CCO)C3=CCCC=C32)NC=N1. The van der Waals surface area contributed by atoms with Crippen LogP contribution in [0.25, 0.3) is 0 Å². The number of rotatable bonds is 7. The molecule has 8 nitrogen and oxygen atoms in total. The molecule has 0 spiro atoms. The number of aliphatic hydroxyl groups excluding tert-OH is 1. The number of aliphatic imine (C=N–C) groups is 2. The Kier molecular flexibility index (Phi) is 7.34. The third-order valence-corrected chi connectivity index (χ3v) is 7.33. The molecule has 3 heterocycles. The third-order valence-electron chi connectivity index (χ3n) is 7.33. The Balaban J connectivity index is 1.53. The van der Waals surface area contributed by atoms with E-state index in [1.54, 1.807) is 13.3 Å². The number of aliphatic hydroxyl groups is 1. The summed E-state index contributed by atoms with van der Waals surface area (Å²) in [5.74, 6) is 0.404. The van der Waals surface area contributed by atoms with Crippen molar-refractivity contribution >= 4 is 18.0 Å². The number of hydrogen-bond acceptors (Lipinski definition) is 7. The van der Waals surface area contributed by atoms with Crippen LogP contribution in [0.15, 0.2) is 44.8 Å². The molecule has 2 fully saturated rings. The van der Waals surface area contributed by atoms with Gasteiger partial charge in [0.1, 0.15) is 17.6 Å². The number of hydrogen-bond donors (Lipinski definition) is 4. The Labute approximate surface area is 197 Å². The smallest absolute Gasteiger partial charge is 0.265 e. The van der Waals surface area contributed by atoms with Crippen LogP contribution in [0.1, 0.15) is 52.9 Å². The lowest BCUT2D eigenvalue weighted by molar-refractivity contribution is -0.115. The molecule has 1 amide bonds. The summed E-state index contributed by atoms with van der Waals surface area (Å²) in [6.45, 7) is 9.61. The molecule has 2 atom stereocenters. The standard InChI is InChI=1S/C25H38N6O2/c1-17-22(30-18(2)24(33)27-14-19-8-11-26-12-9-19)23(29-16-28-17)31-15-25(3,10-13-32)20-6-4-5-7-21(20)31/h6-7,16,19,23,26,32H,4-5,8-15H2,1-3H3,(H,27,33)(H,28,29)/b30-18+. The molecule has 0 aromatic heterocycles. The highest BCUT2D eigenvalue weighted by molar-refractivity contribution is 6.38. The van der Waals surface area contributed by atoms with Gasteiger partial charge in [-0.3, -0.25) is 4.79 Å². The Morgan fingerprint density at radius 2 is 2.09 bits per heavy atom. The lowest BCUT2D eigenvalue weighted by Crippen LogP contribution is -2.47. The van der Waals surface area contributed by atoms with E-state index in [0.717, 1.165) is 56.7 Å². The van der Waals surface area contributed by atoms with Crippen molar-refractivity contribution in [3.05, 3.63) is 34.8 Å². The van der Waals surface area contributed by atoms with Gasteiger partial charge in [0.2, 0.25) is 0 Å². The fraction of sp³-hybridized carbons (Fsp3) is 0.640. The van der Waals surface area contributed by atoms with Gasteiger partial charge in [-0.1, -0.05) is 19.1 Å². The first kappa shape index (κ1) is 23.7. The first-order valence-electron chi connectivity index (χ1n) is 12.2. The van der Waals surface area contributed by atoms with Crippen LogP contribution in [0.2, 0.25) is 0 Å². The minimum Gasteiger partial charge on any atom is -0.396 e. The van der Waals surface area contributed by atoms with E-state index in [4.69, 9.17) is 4.99 Å². The number of piperidine rings is 1. The average molecular weight is 455 g/mol. The number of amides is 1. The number of nitrogens with zero attached hydrogens (tertiary/aromatic N) is 3. The fourth-order valence-corrected chi connectivity index (χ4v) is 5.34. The topological polar surface area (TPSA) is 101 Å². The van der Waals surface area contributed by atoms with Gasteiger partial charge in [-0.15, -0.1) is 0 Å². The summed E-state index contributed by atoms with van der Waals surface area (Å²) in [6, 6.07) is 0. The van der Waals surface area contributed by atoms with Crippen LogP contribution in [0, 0.1) is 11.3 Å². The number of nitrogens with one attached hydrogen (secondary N) is 3. The monoisotopic (exact) mass is 454 g/mol. The molecular weight excluding hydrogens is 416 g/mol. The molecule has 0 saturated carbocycles. The van der Waals surface area contributed by atoms with Crippen LogP contribution in [0.5, 0.6) is 0 Å². The van der Waals surface area contributed by atoms with Crippen molar-refractivity contribution < 1.29 is 9.90 Å². The van der Waals surface area contributed by atoms with Gasteiger partial charge in [0.15, 0.2) is 0 Å². The molecule has 0 bridgehead atoms. The van der Waals surface area contributed by atoms with E-state index in [1.807, 2.05) is 6.92 Å². The molecule has 0 radical (unpaired) electrons. The van der Waals surface area contributed by atoms with Crippen LogP contribution < -0.4 is 16.0 Å². The van der Waals surface area contributed by atoms with Crippen molar-refractivity contribution in [1.82, 2.24) is 20.9 Å². The van der Waals surface area contributed by atoms with Gasteiger partial charge < -0.3 is 26.0 Å². The van der Waals surface area contributed by atoms with Gasteiger partial charge in [-0.2, -0.15) is 0 Å². The third kappa shape index (κ3) is 5.06. The second-order valence-electron chi connectivity index (χ2n) is 9.85. The van der Waals surface area contributed by atoms with E-state index in [9.17, 15) is 9.90 Å². The molecule has 0 aromatic carbocycles. The van der Waals surface area contributed by atoms with E-state index in [-0.39, 0.29) is 24.1 Å². The van der Waals surface area contributed by atoms with Crippen LogP contribution >= 0.6 is 0 Å². The predicted molar refractivity (Wildman–Crippen MR) is 132 cm³/mol. The fourth-order valence-electron chi connectivity index (χ4n) is 5.34. The van der Waals surface area contributed by atoms with Crippen molar-refractivity contribution in [2.75, 3.05) is 32.8 Å². The molecule has 2 saturated heterocycles. The first-order valence-corrected chi connectivity index (χ1v) is 12.2. The summed E-state index contributed by atoms with van der Waals surface area (Å²) in [5.41, 5.74) is 4.44. The van der Waals surface area contributed by atoms with Crippen LogP contribution in [0.4, 0.5) is 0 Å². The summed E-state index contributed by atoms with van der Waals surface area (Å²) in [6.07, 6.45) is 11.1. The molecular formula is C25H38N6O2. The molecule has 3 aliphatic heterocycles.